The number of carboxylic acid groups (broad SMARTS) is 2. The van der Waals surface area contributed by atoms with Gasteiger partial charge in [0, 0.05) is 6.42 Å². The molecule has 0 aliphatic heterocycles. The summed E-state index contributed by atoms with van der Waals surface area (Å²) in [5, 5.41) is 28.4. The molecule has 0 aromatic carbocycles. The molecule has 1 amide bonds. The van der Waals surface area contributed by atoms with E-state index in [1.807, 2.05) is 0 Å². The summed E-state index contributed by atoms with van der Waals surface area (Å²) in [6, 6.07) is -2.31. The van der Waals surface area contributed by atoms with Gasteiger partial charge in [-0.1, -0.05) is 13.8 Å². The third kappa shape index (κ3) is 7.56. The summed E-state index contributed by atoms with van der Waals surface area (Å²) in [6.45, 7) is 2.27. The standard InChI is InChI=1S/C13H22N2O8/c1-6(2)10(13(22)23-8(5-16)12(20)21)15-11(19)7(14)3-4-9(17)18/h6-8,10,16H,3-5,14H2,1-2H3,(H,15,19)(H,17,18)(H,20,21)/t7-,8?,10-/m0/s1. The topological polar surface area (TPSA) is 176 Å². The normalized spacial score (nSPS) is 14.7. The number of esters is 1. The number of ether oxygens (including phenoxy) is 1. The van der Waals surface area contributed by atoms with E-state index in [2.05, 4.69) is 10.1 Å². The summed E-state index contributed by atoms with van der Waals surface area (Å²) >= 11 is 0. The summed E-state index contributed by atoms with van der Waals surface area (Å²) in [5.41, 5.74) is 5.53. The molecule has 0 aliphatic rings. The zero-order valence-electron chi connectivity index (χ0n) is 12.9. The Labute approximate surface area is 132 Å². The number of aliphatic carboxylic acids is 2. The van der Waals surface area contributed by atoms with Crippen LogP contribution in [0.1, 0.15) is 26.7 Å². The lowest BCUT2D eigenvalue weighted by Crippen LogP contribution is -2.52. The molecular formula is C13H22N2O8. The Balaban J connectivity index is 4.79. The first-order valence-electron chi connectivity index (χ1n) is 6.92. The highest BCUT2D eigenvalue weighted by Crippen LogP contribution is 2.07. The Morgan fingerprint density at radius 3 is 2.13 bits per heavy atom. The van der Waals surface area contributed by atoms with E-state index in [9.17, 15) is 19.2 Å². The minimum Gasteiger partial charge on any atom is -0.481 e. The Morgan fingerprint density at radius 1 is 1.17 bits per heavy atom. The Bertz CT molecular complexity index is 451. The first-order valence-corrected chi connectivity index (χ1v) is 6.92. The van der Waals surface area contributed by atoms with E-state index in [1.165, 1.54) is 0 Å². The average Bonchev–Trinajstić information content (AvgIpc) is 2.46. The first-order chi connectivity index (χ1) is 10.6. The van der Waals surface area contributed by atoms with Gasteiger partial charge in [0.25, 0.3) is 0 Å². The Kier molecular flexibility index (Phi) is 8.81. The van der Waals surface area contributed by atoms with E-state index >= 15 is 0 Å². The van der Waals surface area contributed by atoms with Crippen LogP contribution in [0.25, 0.3) is 0 Å². The van der Waals surface area contributed by atoms with Crippen LogP contribution in [-0.4, -0.2) is 63.9 Å². The molecule has 23 heavy (non-hydrogen) atoms. The van der Waals surface area contributed by atoms with Crippen molar-refractivity contribution in [2.45, 2.75) is 44.9 Å². The predicted molar refractivity (Wildman–Crippen MR) is 76.2 cm³/mol. The monoisotopic (exact) mass is 334 g/mol. The molecule has 0 saturated heterocycles. The van der Waals surface area contributed by atoms with Crippen LogP contribution in [0.5, 0.6) is 0 Å². The minimum absolute atomic E-state index is 0.116. The number of hydrogen-bond donors (Lipinski definition) is 5. The molecule has 3 atom stereocenters. The molecule has 0 radical (unpaired) electrons. The number of rotatable bonds is 10. The highest BCUT2D eigenvalue weighted by Gasteiger charge is 2.31. The first kappa shape index (κ1) is 20.8. The fourth-order valence-corrected chi connectivity index (χ4v) is 1.55. The van der Waals surface area contributed by atoms with Crippen LogP contribution in [0, 0.1) is 5.92 Å². The maximum Gasteiger partial charge on any atom is 0.347 e. The molecule has 1 unspecified atom stereocenters. The largest absolute Gasteiger partial charge is 0.481 e. The van der Waals surface area contributed by atoms with Crippen molar-refractivity contribution in [3.05, 3.63) is 0 Å². The van der Waals surface area contributed by atoms with E-state index in [4.69, 9.17) is 21.1 Å². The molecule has 0 rings (SSSR count). The lowest BCUT2D eigenvalue weighted by molar-refractivity contribution is -0.169. The van der Waals surface area contributed by atoms with Gasteiger partial charge >= 0.3 is 17.9 Å². The van der Waals surface area contributed by atoms with Crippen LogP contribution < -0.4 is 11.1 Å². The molecule has 0 bridgehead atoms. The summed E-state index contributed by atoms with van der Waals surface area (Å²) in [7, 11) is 0. The number of aliphatic hydroxyl groups excluding tert-OH is 1. The van der Waals surface area contributed by atoms with Crippen LogP contribution in [0.15, 0.2) is 0 Å². The van der Waals surface area contributed by atoms with Gasteiger partial charge in [0.2, 0.25) is 12.0 Å². The van der Waals surface area contributed by atoms with Crippen LogP contribution in [0.3, 0.4) is 0 Å². The van der Waals surface area contributed by atoms with Gasteiger partial charge in [-0.2, -0.15) is 0 Å². The second kappa shape index (κ2) is 9.74. The lowest BCUT2D eigenvalue weighted by atomic mass is 10.0. The van der Waals surface area contributed by atoms with E-state index < -0.39 is 54.5 Å². The summed E-state index contributed by atoms with van der Waals surface area (Å²) in [4.78, 5) is 45.0. The van der Waals surface area contributed by atoms with E-state index in [-0.39, 0.29) is 12.8 Å². The predicted octanol–water partition coefficient (Wildman–Crippen LogP) is -1.69. The van der Waals surface area contributed by atoms with Crippen molar-refractivity contribution in [2.24, 2.45) is 11.7 Å². The number of carbonyl (C=O) groups excluding carboxylic acids is 2. The second-order valence-corrected chi connectivity index (χ2v) is 5.22. The minimum atomic E-state index is -1.73. The number of aliphatic hydroxyl groups is 1. The van der Waals surface area contributed by atoms with Crippen molar-refractivity contribution >= 4 is 23.8 Å². The highest BCUT2D eigenvalue weighted by atomic mass is 16.6. The number of nitrogens with one attached hydrogen (secondary N) is 1. The Hall–Kier alpha value is -2.20. The van der Waals surface area contributed by atoms with Gasteiger partial charge in [0.15, 0.2) is 0 Å². The smallest absolute Gasteiger partial charge is 0.347 e. The van der Waals surface area contributed by atoms with Crippen molar-refractivity contribution in [1.82, 2.24) is 5.32 Å². The van der Waals surface area contributed by atoms with Gasteiger partial charge in [-0.3, -0.25) is 9.59 Å². The number of amides is 1. The molecule has 0 aliphatic carbocycles. The molecule has 10 nitrogen and oxygen atoms in total. The third-order valence-corrected chi connectivity index (χ3v) is 2.92. The molecule has 0 heterocycles. The fraction of sp³-hybridized carbons (Fsp3) is 0.692. The van der Waals surface area contributed by atoms with Crippen molar-refractivity contribution in [3.63, 3.8) is 0 Å². The maximum absolute atomic E-state index is 11.9. The van der Waals surface area contributed by atoms with Crippen molar-refractivity contribution in [3.8, 4) is 0 Å². The molecule has 0 fully saturated rings. The van der Waals surface area contributed by atoms with E-state index in [0.717, 1.165) is 0 Å². The van der Waals surface area contributed by atoms with Gasteiger partial charge in [0.05, 0.1) is 12.6 Å². The quantitative estimate of drug-likeness (QED) is 0.292. The van der Waals surface area contributed by atoms with Crippen LogP contribution in [0.4, 0.5) is 0 Å². The van der Waals surface area contributed by atoms with E-state index in [0.29, 0.717) is 0 Å². The van der Waals surface area contributed by atoms with Gasteiger partial charge in [-0.05, 0) is 12.3 Å². The summed E-state index contributed by atoms with van der Waals surface area (Å²) in [6.07, 6.45) is -2.16. The van der Waals surface area contributed by atoms with Crippen LogP contribution in [0.2, 0.25) is 0 Å². The highest BCUT2D eigenvalue weighted by molar-refractivity contribution is 5.88. The molecule has 132 valence electrons. The number of carboxylic acids is 2. The van der Waals surface area contributed by atoms with Crippen LogP contribution in [-0.2, 0) is 23.9 Å². The zero-order valence-corrected chi connectivity index (χ0v) is 12.9. The molecular weight excluding hydrogens is 312 g/mol. The van der Waals surface area contributed by atoms with Crippen LogP contribution >= 0.6 is 0 Å². The fourth-order valence-electron chi connectivity index (χ4n) is 1.55. The van der Waals surface area contributed by atoms with Gasteiger partial charge in [-0.25, -0.2) is 9.59 Å². The van der Waals surface area contributed by atoms with Crippen molar-refractivity contribution < 1.29 is 39.2 Å². The SMILES string of the molecule is CC(C)[C@H](NC(=O)[C@@H](N)CCC(=O)O)C(=O)OC(CO)C(=O)O. The average molecular weight is 334 g/mol. The molecule has 0 aromatic rings. The molecule has 0 saturated carbocycles. The molecule has 0 aromatic heterocycles. The molecule has 10 heteroatoms. The summed E-state index contributed by atoms with van der Waals surface area (Å²) < 4.78 is 4.63. The molecule has 0 spiro atoms. The van der Waals surface area contributed by atoms with Crippen molar-refractivity contribution in [2.75, 3.05) is 6.61 Å². The van der Waals surface area contributed by atoms with Gasteiger partial charge < -0.3 is 31.1 Å². The number of hydrogen-bond acceptors (Lipinski definition) is 7. The van der Waals surface area contributed by atoms with Crippen molar-refractivity contribution in [1.29, 1.82) is 0 Å². The Morgan fingerprint density at radius 2 is 1.74 bits per heavy atom. The maximum atomic E-state index is 11.9. The second-order valence-electron chi connectivity index (χ2n) is 5.22. The molecule has 6 N–H and O–H groups in total. The summed E-state index contributed by atoms with van der Waals surface area (Å²) in [5.74, 6) is -4.85. The number of nitrogens with two attached hydrogens (primary N) is 1. The van der Waals surface area contributed by atoms with Gasteiger partial charge in [-0.15, -0.1) is 0 Å². The van der Waals surface area contributed by atoms with Gasteiger partial charge in [0.1, 0.15) is 6.04 Å². The lowest BCUT2D eigenvalue weighted by Gasteiger charge is -2.23. The zero-order chi connectivity index (χ0) is 18.2. The number of carbonyl (C=O) groups is 4. The third-order valence-electron chi connectivity index (χ3n) is 2.92. The van der Waals surface area contributed by atoms with E-state index in [1.54, 1.807) is 13.8 Å².